The fourth-order valence-corrected chi connectivity index (χ4v) is 0.990. The number of hydrogen-bond donors (Lipinski definition) is 1. The van der Waals surface area contributed by atoms with Crippen molar-refractivity contribution >= 4 is 0 Å². The molecule has 0 amide bonds. The first-order valence-electron chi connectivity index (χ1n) is 3.97. The van der Waals surface area contributed by atoms with Gasteiger partial charge in [-0.2, -0.15) is 5.10 Å². The van der Waals surface area contributed by atoms with Crippen molar-refractivity contribution in [3.05, 3.63) is 18.5 Å². The Labute approximate surface area is 71.8 Å². The second-order valence-electron chi connectivity index (χ2n) is 2.67. The molecule has 68 valence electrons. The van der Waals surface area contributed by atoms with Gasteiger partial charge < -0.3 is 9.84 Å². The number of hydrogen-bond acceptors (Lipinski definition) is 3. The third-order valence-corrected chi connectivity index (χ3v) is 1.61. The fourth-order valence-electron chi connectivity index (χ4n) is 0.990. The number of aliphatic hydroxyl groups is 1. The van der Waals surface area contributed by atoms with Gasteiger partial charge in [-0.05, 0) is 12.5 Å². The minimum atomic E-state index is -0.390. The van der Waals surface area contributed by atoms with Crippen molar-refractivity contribution in [2.45, 2.75) is 19.1 Å². The molecule has 4 heteroatoms. The van der Waals surface area contributed by atoms with E-state index < -0.39 is 0 Å². The third kappa shape index (κ3) is 3.02. The molecular formula is C8H14N2O2. The van der Waals surface area contributed by atoms with Crippen LogP contribution in [0.2, 0.25) is 0 Å². The molecule has 1 heterocycles. The Balaban J connectivity index is 2.17. The third-order valence-electron chi connectivity index (χ3n) is 1.61. The molecule has 0 aliphatic carbocycles. The first kappa shape index (κ1) is 9.22. The Bertz CT molecular complexity index is 199. The van der Waals surface area contributed by atoms with Crippen LogP contribution in [0.1, 0.15) is 6.42 Å². The van der Waals surface area contributed by atoms with Gasteiger partial charge in [0.2, 0.25) is 0 Å². The monoisotopic (exact) mass is 170 g/mol. The van der Waals surface area contributed by atoms with Gasteiger partial charge in [-0.3, -0.25) is 4.68 Å². The highest BCUT2D eigenvalue weighted by atomic mass is 16.5. The lowest BCUT2D eigenvalue weighted by atomic mass is 10.3. The van der Waals surface area contributed by atoms with Crippen molar-refractivity contribution in [1.82, 2.24) is 9.78 Å². The van der Waals surface area contributed by atoms with E-state index >= 15 is 0 Å². The van der Waals surface area contributed by atoms with Crippen LogP contribution in [0.15, 0.2) is 18.5 Å². The zero-order chi connectivity index (χ0) is 8.81. The quantitative estimate of drug-likeness (QED) is 0.690. The average Bonchev–Trinajstić information content (AvgIpc) is 2.53. The van der Waals surface area contributed by atoms with E-state index in [4.69, 9.17) is 4.74 Å². The van der Waals surface area contributed by atoms with Crippen LogP contribution in [0.5, 0.6) is 0 Å². The van der Waals surface area contributed by atoms with E-state index in [0.29, 0.717) is 13.0 Å². The van der Waals surface area contributed by atoms with Gasteiger partial charge >= 0.3 is 0 Å². The van der Waals surface area contributed by atoms with E-state index in [1.165, 1.54) is 0 Å². The van der Waals surface area contributed by atoms with E-state index in [-0.39, 0.29) is 6.10 Å². The highest BCUT2D eigenvalue weighted by Crippen LogP contribution is 1.95. The Morgan fingerprint density at radius 2 is 2.50 bits per heavy atom. The first-order chi connectivity index (χ1) is 5.83. The topological polar surface area (TPSA) is 47.3 Å². The normalized spacial score (nSPS) is 13.2. The lowest BCUT2D eigenvalue weighted by Gasteiger charge is -2.08. The van der Waals surface area contributed by atoms with Gasteiger partial charge in [-0.15, -0.1) is 0 Å². The maximum Gasteiger partial charge on any atom is 0.0791 e. The van der Waals surface area contributed by atoms with Crippen LogP contribution in [0.3, 0.4) is 0 Å². The maximum absolute atomic E-state index is 9.28. The minimum absolute atomic E-state index is 0.390. The molecule has 0 bridgehead atoms. The number of methoxy groups -OCH3 is 1. The molecule has 0 radical (unpaired) electrons. The molecule has 1 atom stereocenters. The van der Waals surface area contributed by atoms with Gasteiger partial charge in [0.05, 0.1) is 12.7 Å². The molecule has 1 N–H and O–H groups in total. The summed E-state index contributed by atoms with van der Waals surface area (Å²) in [5, 5.41) is 13.3. The van der Waals surface area contributed by atoms with Crippen LogP contribution in [-0.4, -0.2) is 34.7 Å². The van der Waals surface area contributed by atoms with Gasteiger partial charge in [0.1, 0.15) is 0 Å². The number of nitrogens with zero attached hydrogens (tertiary/aromatic N) is 2. The molecule has 0 spiro atoms. The summed E-state index contributed by atoms with van der Waals surface area (Å²) in [4.78, 5) is 0. The Kier molecular flexibility index (Phi) is 3.76. The van der Waals surface area contributed by atoms with Crippen LogP contribution in [0.4, 0.5) is 0 Å². The Morgan fingerprint density at radius 3 is 3.08 bits per heavy atom. The number of ether oxygens (including phenoxy) is 1. The number of aryl methyl sites for hydroxylation is 1. The lowest BCUT2D eigenvalue weighted by Crippen LogP contribution is -2.16. The summed E-state index contributed by atoms with van der Waals surface area (Å²) >= 11 is 0. The highest BCUT2D eigenvalue weighted by Gasteiger charge is 2.02. The molecule has 1 unspecified atom stereocenters. The van der Waals surface area contributed by atoms with E-state index in [1.54, 1.807) is 18.0 Å². The molecule has 1 aromatic rings. The maximum atomic E-state index is 9.28. The van der Waals surface area contributed by atoms with Crippen molar-refractivity contribution in [2.24, 2.45) is 0 Å². The predicted molar refractivity (Wildman–Crippen MR) is 44.7 cm³/mol. The summed E-state index contributed by atoms with van der Waals surface area (Å²) in [6.45, 7) is 1.12. The summed E-state index contributed by atoms with van der Waals surface area (Å²) in [7, 11) is 1.58. The van der Waals surface area contributed by atoms with Crippen LogP contribution < -0.4 is 0 Å². The summed E-state index contributed by atoms with van der Waals surface area (Å²) < 4.78 is 6.58. The molecule has 0 aliphatic rings. The number of aromatic nitrogens is 2. The first-order valence-corrected chi connectivity index (χ1v) is 3.97. The van der Waals surface area contributed by atoms with Crippen molar-refractivity contribution < 1.29 is 9.84 Å². The molecule has 0 saturated carbocycles. The largest absolute Gasteiger partial charge is 0.391 e. The van der Waals surface area contributed by atoms with Crippen LogP contribution in [-0.2, 0) is 11.3 Å². The van der Waals surface area contributed by atoms with Gasteiger partial charge in [0.15, 0.2) is 0 Å². The summed E-state index contributed by atoms with van der Waals surface area (Å²) in [6.07, 6.45) is 3.89. The lowest BCUT2D eigenvalue weighted by molar-refractivity contribution is 0.0559. The predicted octanol–water partition coefficient (Wildman–Crippen LogP) is 0.280. The Hall–Kier alpha value is -0.870. The SMILES string of the molecule is COCC(O)CCn1cccn1. The summed E-state index contributed by atoms with van der Waals surface area (Å²) in [5.74, 6) is 0. The molecule has 0 saturated heterocycles. The molecule has 0 aliphatic heterocycles. The molecule has 1 rings (SSSR count). The van der Waals surface area contributed by atoms with E-state index in [0.717, 1.165) is 6.54 Å². The van der Waals surface area contributed by atoms with Crippen LogP contribution in [0, 0.1) is 0 Å². The molecule has 12 heavy (non-hydrogen) atoms. The molecule has 0 fully saturated rings. The highest BCUT2D eigenvalue weighted by molar-refractivity contribution is 4.77. The van der Waals surface area contributed by atoms with Gasteiger partial charge in [-0.1, -0.05) is 0 Å². The zero-order valence-electron chi connectivity index (χ0n) is 7.18. The van der Waals surface area contributed by atoms with Gasteiger partial charge in [0, 0.05) is 26.0 Å². The number of aliphatic hydroxyl groups excluding tert-OH is 1. The van der Waals surface area contributed by atoms with Crippen molar-refractivity contribution in [3.63, 3.8) is 0 Å². The van der Waals surface area contributed by atoms with Crippen LogP contribution in [0.25, 0.3) is 0 Å². The molecular weight excluding hydrogens is 156 g/mol. The standard InChI is InChI=1S/C8H14N2O2/c1-12-7-8(11)3-6-10-5-2-4-9-10/h2,4-5,8,11H,3,6-7H2,1H3. The van der Waals surface area contributed by atoms with Crippen LogP contribution >= 0.6 is 0 Å². The average molecular weight is 170 g/mol. The second-order valence-corrected chi connectivity index (χ2v) is 2.67. The van der Waals surface area contributed by atoms with Gasteiger partial charge in [-0.25, -0.2) is 0 Å². The molecule has 4 nitrogen and oxygen atoms in total. The molecule has 0 aromatic carbocycles. The van der Waals surface area contributed by atoms with Gasteiger partial charge in [0.25, 0.3) is 0 Å². The van der Waals surface area contributed by atoms with Crippen molar-refractivity contribution in [2.75, 3.05) is 13.7 Å². The summed E-state index contributed by atoms with van der Waals surface area (Å²) in [6, 6.07) is 1.86. The minimum Gasteiger partial charge on any atom is -0.391 e. The fraction of sp³-hybridized carbons (Fsp3) is 0.625. The van der Waals surface area contributed by atoms with E-state index in [2.05, 4.69) is 5.10 Å². The smallest absolute Gasteiger partial charge is 0.0791 e. The Morgan fingerprint density at radius 1 is 1.67 bits per heavy atom. The molecule has 1 aromatic heterocycles. The zero-order valence-corrected chi connectivity index (χ0v) is 7.18. The van der Waals surface area contributed by atoms with E-state index in [1.807, 2.05) is 12.3 Å². The van der Waals surface area contributed by atoms with Crippen molar-refractivity contribution in [1.29, 1.82) is 0 Å². The van der Waals surface area contributed by atoms with E-state index in [9.17, 15) is 5.11 Å². The number of rotatable bonds is 5. The summed E-state index contributed by atoms with van der Waals surface area (Å²) in [5.41, 5.74) is 0. The second kappa shape index (κ2) is 4.90. The van der Waals surface area contributed by atoms with Crippen molar-refractivity contribution in [3.8, 4) is 0 Å².